The van der Waals surface area contributed by atoms with Crippen molar-refractivity contribution in [2.45, 2.75) is 12.5 Å². The molecule has 0 aliphatic rings. The molecule has 0 saturated heterocycles. The van der Waals surface area contributed by atoms with Crippen LogP contribution in [-0.2, 0) is 6.42 Å². The van der Waals surface area contributed by atoms with Gasteiger partial charge in [0.1, 0.15) is 0 Å². The van der Waals surface area contributed by atoms with Gasteiger partial charge in [0.05, 0.1) is 18.6 Å². The van der Waals surface area contributed by atoms with Crippen LogP contribution in [0.1, 0.15) is 17.2 Å². The highest BCUT2D eigenvalue weighted by atomic mass is 127. The predicted molar refractivity (Wildman–Crippen MR) is 79.3 cm³/mol. The van der Waals surface area contributed by atoms with Gasteiger partial charge in [-0.15, -0.1) is 0 Å². The van der Waals surface area contributed by atoms with Crippen LogP contribution in [0.3, 0.4) is 0 Å². The van der Waals surface area contributed by atoms with Crippen molar-refractivity contribution in [1.82, 2.24) is 5.43 Å². The molecular formula is C12H12BrIN2O. The van der Waals surface area contributed by atoms with Gasteiger partial charge in [0.15, 0.2) is 0 Å². The minimum Gasteiger partial charge on any atom is -0.472 e. The van der Waals surface area contributed by atoms with Gasteiger partial charge in [-0.2, -0.15) is 0 Å². The van der Waals surface area contributed by atoms with Crippen molar-refractivity contribution in [3.05, 3.63) is 56.0 Å². The lowest BCUT2D eigenvalue weighted by Gasteiger charge is -2.17. The molecule has 0 aliphatic heterocycles. The Bertz CT molecular complexity index is 487. The molecule has 90 valence electrons. The van der Waals surface area contributed by atoms with E-state index < -0.39 is 0 Å². The molecule has 0 fully saturated rings. The molecular weight excluding hydrogens is 395 g/mol. The molecule has 1 aromatic heterocycles. The highest BCUT2D eigenvalue weighted by Gasteiger charge is 2.14. The molecule has 1 heterocycles. The summed E-state index contributed by atoms with van der Waals surface area (Å²) in [6, 6.07) is 8.23. The summed E-state index contributed by atoms with van der Waals surface area (Å²) in [6.07, 6.45) is 4.21. The summed E-state index contributed by atoms with van der Waals surface area (Å²) in [7, 11) is 0. The van der Waals surface area contributed by atoms with E-state index in [2.05, 4.69) is 56.1 Å². The van der Waals surface area contributed by atoms with Crippen LogP contribution >= 0.6 is 38.5 Å². The lowest BCUT2D eigenvalue weighted by molar-refractivity contribution is 0.534. The quantitative estimate of drug-likeness (QED) is 0.464. The van der Waals surface area contributed by atoms with Gasteiger partial charge in [-0.05, 0) is 64.4 Å². The fourth-order valence-electron chi connectivity index (χ4n) is 1.68. The van der Waals surface area contributed by atoms with Crippen LogP contribution in [0.5, 0.6) is 0 Å². The van der Waals surface area contributed by atoms with Crippen LogP contribution in [-0.4, -0.2) is 0 Å². The third-order valence-electron chi connectivity index (χ3n) is 2.55. The number of nitrogens with two attached hydrogens (primary N) is 1. The highest BCUT2D eigenvalue weighted by molar-refractivity contribution is 14.1. The summed E-state index contributed by atoms with van der Waals surface area (Å²) < 4.78 is 7.32. The van der Waals surface area contributed by atoms with E-state index in [0.717, 1.165) is 22.0 Å². The number of furan rings is 1. The monoisotopic (exact) mass is 406 g/mol. The van der Waals surface area contributed by atoms with Crippen LogP contribution in [0.4, 0.5) is 0 Å². The van der Waals surface area contributed by atoms with Crippen LogP contribution in [0.2, 0.25) is 0 Å². The number of hydrogen-bond acceptors (Lipinski definition) is 3. The van der Waals surface area contributed by atoms with Crippen molar-refractivity contribution in [1.29, 1.82) is 0 Å². The van der Waals surface area contributed by atoms with Crippen molar-refractivity contribution < 1.29 is 4.42 Å². The maximum atomic E-state index is 5.64. The second-order valence-electron chi connectivity index (χ2n) is 3.72. The minimum atomic E-state index is 0.0664. The smallest absolute Gasteiger partial charge is 0.0935 e. The molecule has 1 unspecified atom stereocenters. The standard InChI is InChI=1S/C12H12BrIN2O/c13-11-2-1-9(14)6-10(11)12(16-15)5-8-3-4-17-7-8/h1-4,6-7,12,16H,5,15H2. The average molecular weight is 407 g/mol. The van der Waals surface area contributed by atoms with Crippen LogP contribution in [0.15, 0.2) is 45.7 Å². The van der Waals surface area contributed by atoms with Crippen molar-refractivity contribution in [2.24, 2.45) is 5.84 Å². The largest absolute Gasteiger partial charge is 0.472 e. The molecule has 0 aliphatic carbocycles. The van der Waals surface area contributed by atoms with E-state index in [-0.39, 0.29) is 6.04 Å². The Labute approximate surface area is 122 Å². The van der Waals surface area contributed by atoms with E-state index in [0.29, 0.717) is 0 Å². The zero-order chi connectivity index (χ0) is 12.3. The summed E-state index contributed by atoms with van der Waals surface area (Å²) in [4.78, 5) is 0. The Morgan fingerprint density at radius 1 is 1.41 bits per heavy atom. The Morgan fingerprint density at radius 3 is 2.88 bits per heavy atom. The van der Waals surface area contributed by atoms with Crippen LogP contribution < -0.4 is 11.3 Å². The second-order valence-corrected chi connectivity index (χ2v) is 5.82. The van der Waals surface area contributed by atoms with E-state index in [1.807, 2.05) is 12.1 Å². The number of halogens is 2. The van der Waals surface area contributed by atoms with Crippen LogP contribution in [0.25, 0.3) is 0 Å². The van der Waals surface area contributed by atoms with Crippen molar-refractivity contribution >= 4 is 38.5 Å². The maximum absolute atomic E-state index is 5.64. The molecule has 1 atom stereocenters. The maximum Gasteiger partial charge on any atom is 0.0935 e. The number of nitrogens with one attached hydrogen (secondary N) is 1. The van der Waals surface area contributed by atoms with Crippen molar-refractivity contribution in [2.75, 3.05) is 0 Å². The molecule has 17 heavy (non-hydrogen) atoms. The first kappa shape index (κ1) is 13.1. The summed E-state index contributed by atoms with van der Waals surface area (Å²) >= 11 is 5.85. The van der Waals surface area contributed by atoms with Gasteiger partial charge in [-0.3, -0.25) is 11.3 Å². The predicted octanol–water partition coefficient (Wildman–Crippen LogP) is 3.39. The minimum absolute atomic E-state index is 0.0664. The highest BCUT2D eigenvalue weighted by Crippen LogP contribution is 2.27. The Balaban J connectivity index is 2.25. The molecule has 3 nitrogen and oxygen atoms in total. The molecule has 0 bridgehead atoms. The first-order valence-electron chi connectivity index (χ1n) is 5.13. The number of rotatable bonds is 4. The fraction of sp³-hybridized carbons (Fsp3) is 0.167. The first-order chi connectivity index (χ1) is 8.20. The molecule has 0 spiro atoms. The van der Waals surface area contributed by atoms with Gasteiger partial charge >= 0.3 is 0 Å². The van der Waals surface area contributed by atoms with Gasteiger partial charge in [0.25, 0.3) is 0 Å². The Morgan fingerprint density at radius 2 is 2.24 bits per heavy atom. The lowest BCUT2D eigenvalue weighted by Crippen LogP contribution is -2.29. The third-order valence-corrected chi connectivity index (χ3v) is 3.95. The molecule has 0 saturated carbocycles. The Hall–Kier alpha value is -0.370. The van der Waals surface area contributed by atoms with E-state index in [9.17, 15) is 0 Å². The molecule has 2 aromatic rings. The van der Waals surface area contributed by atoms with Crippen molar-refractivity contribution in [3.63, 3.8) is 0 Å². The summed E-state index contributed by atoms with van der Waals surface area (Å²) in [5, 5.41) is 0. The SMILES string of the molecule is NNC(Cc1ccoc1)c1cc(I)ccc1Br. The van der Waals surface area contributed by atoms with Gasteiger partial charge in [-0.1, -0.05) is 15.9 Å². The average Bonchev–Trinajstić information content (AvgIpc) is 2.82. The fourth-order valence-corrected chi connectivity index (χ4v) is 2.72. The second kappa shape index (κ2) is 5.99. The summed E-state index contributed by atoms with van der Waals surface area (Å²) in [5.41, 5.74) is 5.13. The zero-order valence-electron chi connectivity index (χ0n) is 8.99. The lowest BCUT2D eigenvalue weighted by atomic mass is 10.0. The molecule has 2 rings (SSSR count). The number of benzene rings is 1. The summed E-state index contributed by atoms with van der Waals surface area (Å²) in [6.45, 7) is 0. The number of hydrogen-bond donors (Lipinski definition) is 2. The normalized spacial score (nSPS) is 12.6. The van der Waals surface area contributed by atoms with Gasteiger partial charge in [-0.25, -0.2) is 0 Å². The number of hydrazine groups is 1. The van der Waals surface area contributed by atoms with Crippen LogP contribution in [0, 0.1) is 3.57 Å². The molecule has 0 radical (unpaired) electrons. The molecule has 0 amide bonds. The molecule has 3 N–H and O–H groups in total. The van der Waals surface area contributed by atoms with E-state index in [1.54, 1.807) is 12.5 Å². The third kappa shape index (κ3) is 3.31. The van der Waals surface area contributed by atoms with Crippen molar-refractivity contribution in [3.8, 4) is 0 Å². The van der Waals surface area contributed by atoms with Gasteiger partial charge < -0.3 is 4.42 Å². The molecule has 1 aromatic carbocycles. The molecule has 5 heteroatoms. The summed E-state index contributed by atoms with van der Waals surface area (Å²) in [5.74, 6) is 5.64. The zero-order valence-corrected chi connectivity index (χ0v) is 12.7. The van der Waals surface area contributed by atoms with Gasteiger partial charge in [0.2, 0.25) is 0 Å². The van der Waals surface area contributed by atoms with E-state index in [1.165, 1.54) is 3.57 Å². The van der Waals surface area contributed by atoms with Gasteiger partial charge in [0, 0.05) is 8.04 Å². The van der Waals surface area contributed by atoms with E-state index in [4.69, 9.17) is 10.3 Å². The first-order valence-corrected chi connectivity index (χ1v) is 7.00. The Kier molecular flexibility index (Phi) is 4.61. The van der Waals surface area contributed by atoms with E-state index >= 15 is 0 Å². The topological polar surface area (TPSA) is 51.2 Å².